The van der Waals surface area contributed by atoms with Gasteiger partial charge < -0.3 is 5.11 Å². The number of Topliss-reactive ketones (excluding diaryl/α,β-unsaturated/α-hetero) is 2. The van der Waals surface area contributed by atoms with Gasteiger partial charge in [0.25, 0.3) is 0 Å². The molecule has 0 heterocycles. The Labute approximate surface area is 179 Å². The molecule has 0 amide bonds. The van der Waals surface area contributed by atoms with Crippen LogP contribution in [-0.2, 0) is 4.79 Å². The second kappa shape index (κ2) is 8.05. The second-order valence-corrected chi connectivity index (χ2v) is 6.20. The van der Waals surface area contributed by atoms with Gasteiger partial charge in [-0.15, -0.1) is 0 Å². The van der Waals surface area contributed by atoms with Crippen LogP contribution >= 0.6 is 0 Å². The normalized spacial score (nSPS) is 12.7. The molecule has 0 N–H and O–H groups in total. The molecule has 0 atom stereocenters. The molecule has 0 bridgehead atoms. The van der Waals surface area contributed by atoms with Gasteiger partial charge >= 0.3 is 29.6 Å². The largest absolute Gasteiger partial charge is 1.00 e. The summed E-state index contributed by atoms with van der Waals surface area (Å²) in [6.07, 6.45) is 0. The topological polar surface area (TPSA) is 57.2 Å². The quantitative estimate of drug-likeness (QED) is 0.497. The molecule has 0 saturated heterocycles. The average molecular weight is 362 g/mol. The molecule has 1 aliphatic rings. The van der Waals surface area contributed by atoms with Gasteiger partial charge in [-0.3, -0.25) is 9.59 Å². The summed E-state index contributed by atoms with van der Waals surface area (Å²) in [5.41, 5.74) is 1.88. The molecule has 0 aromatic heterocycles. The molecule has 0 radical (unpaired) electrons. The summed E-state index contributed by atoms with van der Waals surface area (Å²) in [5, 5.41) is 12.7. The van der Waals surface area contributed by atoms with Crippen LogP contribution in [0.5, 0.6) is 0 Å². The Morgan fingerprint density at radius 1 is 0.704 bits per heavy atom. The SMILES string of the molecule is O=C1C(C(=O)C(c2ccccc2)c2ccccc2)=C([O-])c2ccccc21.[Na+]. The van der Waals surface area contributed by atoms with Crippen molar-refractivity contribution in [2.75, 3.05) is 0 Å². The van der Waals surface area contributed by atoms with E-state index in [2.05, 4.69) is 0 Å². The van der Waals surface area contributed by atoms with Gasteiger partial charge in [0.2, 0.25) is 0 Å². The fourth-order valence-electron chi connectivity index (χ4n) is 3.41. The zero-order valence-corrected chi connectivity index (χ0v) is 16.9. The van der Waals surface area contributed by atoms with E-state index in [0.717, 1.165) is 11.1 Å². The van der Waals surface area contributed by atoms with Crippen molar-refractivity contribution in [1.29, 1.82) is 0 Å². The van der Waals surface area contributed by atoms with E-state index >= 15 is 0 Å². The molecule has 0 saturated carbocycles. The van der Waals surface area contributed by atoms with Crippen molar-refractivity contribution in [3.63, 3.8) is 0 Å². The molecule has 4 heteroatoms. The predicted molar refractivity (Wildman–Crippen MR) is 97.4 cm³/mol. The Kier molecular flexibility index (Phi) is 5.76. The van der Waals surface area contributed by atoms with Crippen LogP contribution in [-0.4, -0.2) is 11.6 Å². The minimum atomic E-state index is -0.686. The fraction of sp³-hybridized carbons (Fsp3) is 0.0435. The summed E-state index contributed by atoms with van der Waals surface area (Å²) >= 11 is 0. The Balaban J connectivity index is 0.00000210. The molecule has 3 aromatic carbocycles. The molecule has 4 rings (SSSR count). The van der Waals surface area contributed by atoms with Crippen LogP contribution < -0.4 is 34.7 Å². The predicted octanol–water partition coefficient (Wildman–Crippen LogP) is 0.359. The van der Waals surface area contributed by atoms with Gasteiger partial charge in [0.1, 0.15) is 0 Å². The van der Waals surface area contributed by atoms with Crippen molar-refractivity contribution >= 4 is 17.3 Å². The molecule has 0 aliphatic heterocycles. The van der Waals surface area contributed by atoms with E-state index in [1.807, 2.05) is 60.7 Å². The molecule has 1 aliphatic carbocycles. The van der Waals surface area contributed by atoms with Gasteiger partial charge in [0.05, 0.1) is 11.5 Å². The number of fused-ring (bicyclic) bond motifs is 1. The first-order valence-electron chi connectivity index (χ1n) is 8.38. The maximum Gasteiger partial charge on any atom is 1.00 e. The third-order valence-electron chi connectivity index (χ3n) is 4.64. The maximum absolute atomic E-state index is 13.4. The maximum atomic E-state index is 13.4. The molecule has 0 unspecified atom stereocenters. The smallest absolute Gasteiger partial charge is 0.871 e. The average Bonchev–Trinajstić information content (AvgIpc) is 2.95. The van der Waals surface area contributed by atoms with Gasteiger partial charge in [-0.1, -0.05) is 90.7 Å². The Morgan fingerprint density at radius 2 is 1.15 bits per heavy atom. The number of ketones is 2. The van der Waals surface area contributed by atoms with Crippen LogP contribution in [0, 0.1) is 0 Å². The molecule has 27 heavy (non-hydrogen) atoms. The standard InChI is InChI=1S/C23H16O3.Na/c24-21-17-13-7-8-14-18(17)22(25)20(21)23(26)19(15-9-3-1-4-10-15)16-11-5-2-6-12-16;/h1-14,19,24H;/q;+1/p-1. The van der Waals surface area contributed by atoms with Crippen LogP contribution in [0.4, 0.5) is 0 Å². The van der Waals surface area contributed by atoms with E-state index in [0.29, 0.717) is 11.1 Å². The minimum absolute atomic E-state index is 0. The van der Waals surface area contributed by atoms with Crippen molar-refractivity contribution in [3.8, 4) is 0 Å². The van der Waals surface area contributed by atoms with Gasteiger partial charge in [-0.2, -0.15) is 0 Å². The van der Waals surface area contributed by atoms with Crippen LogP contribution in [0.2, 0.25) is 0 Å². The summed E-state index contributed by atoms with van der Waals surface area (Å²) in [6, 6.07) is 25.0. The molecule has 3 nitrogen and oxygen atoms in total. The van der Waals surface area contributed by atoms with E-state index < -0.39 is 23.2 Å². The summed E-state index contributed by atoms with van der Waals surface area (Å²) in [6.45, 7) is 0. The molecule has 126 valence electrons. The number of benzene rings is 3. The Hall–Kier alpha value is -2.46. The number of hydrogen-bond acceptors (Lipinski definition) is 3. The van der Waals surface area contributed by atoms with Crippen LogP contribution in [0.3, 0.4) is 0 Å². The number of rotatable bonds is 4. The molecule has 0 spiro atoms. The first-order valence-corrected chi connectivity index (χ1v) is 8.38. The van der Waals surface area contributed by atoms with Crippen molar-refractivity contribution in [3.05, 3.63) is 113 Å². The first-order chi connectivity index (χ1) is 12.7. The van der Waals surface area contributed by atoms with E-state index in [9.17, 15) is 14.7 Å². The molecule has 3 aromatic rings. The van der Waals surface area contributed by atoms with Crippen LogP contribution in [0.15, 0.2) is 90.5 Å². The van der Waals surface area contributed by atoms with E-state index in [1.54, 1.807) is 24.3 Å². The first kappa shape index (κ1) is 19.3. The van der Waals surface area contributed by atoms with Gasteiger partial charge in [-0.05, 0) is 16.7 Å². The van der Waals surface area contributed by atoms with Gasteiger partial charge in [0, 0.05) is 5.56 Å². The summed E-state index contributed by atoms with van der Waals surface area (Å²) in [7, 11) is 0. The van der Waals surface area contributed by atoms with E-state index in [-0.39, 0.29) is 35.1 Å². The zero-order valence-electron chi connectivity index (χ0n) is 14.9. The summed E-state index contributed by atoms with van der Waals surface area (Å²) in [5.74, 6) is -2.09. The second-order valence-electron chi connectivity index (χ2n) is 6.20. The number of hydrogen-bond donors (Lipinski definition) is 0. The van der Waals surface area contributed by atoms with Crippen molar-refractivity contribution < 1.29 is 44.3 Å². The Morgan fingerprint density at radius 3 is 1.63 bits per heavy atom. The molecular formula is C23H15NaO3. The fourth-order valence-corrected chi connectivity index (χ4v) is 3.41. The van der Waals surface area contributed by atoms with Gasteiger partial charge in [0.15, 0.2) is 11.6 Å². The Bertz CT molecular complexity index is 984. The third kappa shape index (κ3) is 3.42. The van der Waals surface area contributed by atoms with Crippen LogP contribution in [0.25, 0.3) is 5.76 Å². The molecule has 0 fully saturated rings. The molecular weight excluding hydrogens is 347 g/mol. The third-order valence-corrected chi connectivity index (χ3v) is 4.64. The van der Waals surface area contributed by atoms with Crippen molar-refractivity contribution in [1.82, 2.24) is 0 Å². The van der Waals surface area contributed by atoms with Crippen LogP contribution in [0.1, 0.15) is 33.0 Å². The van der Waals surface area contributed by atoms with E-state index in [4.69, 9.17) is 0 Å². The summed E-state index contributed by atoms with van der Waals surface area (Å²) in [4.78, 5) is 26.1. The van der Waals surface area contributed by atoms with Crippen molar-refractivity contribution in [2.45, 2.75) is 5.92 Å². The monoisotopic (exact) mass is 362 g/mol. The zero-order chi connectivity index (χ0) is 18.1. The van der Waals surface area contributed by atoms with E-state index in [1.165, 1.54) is 0 Å². The number of allylic oxidation sites excluding steroid dienone is 1. The van der Waals surface area contributed by atoms with Crippen molar-refractivity contribution in [2.24, 2.45) is 0 Å². The minimum Gasteiger partial charge on any atom is -0.871 e. The summed E-state index contributed by atoms with van der Waals surface area (Å²) < 4.78 is 0. The van der Waals surface area contributed by atoms with Gasteiger partial charge in [-0.25, -0.2) is 0 Å². The number of carbonyl (C=O) groups is 2. The number of carbonyl (C=O) groups excluding carboxylic acids is 2.